The normalized spacial score (nSPS) is 11.8. The van der Waals surface area contributed by atoms with Crippen molar-refractivity contribution in [3.8, 4) is 55.6 Å². The Labute approximate surface area is 371 Å². The van der Waals surface area contributed by atoms with Crippen molar-refractivity contribution in [2.24, 2.45) is 0 Å². The maximum Gasteiger partial charge on any atom is -0.00201 e. The van der Waals surface area contributed by atoms with Gasteiger partial charge in [0.2, 0.25) is 0 Å². The van der Waals surface area contributed by atoms with E-state index >= 15 is 0 Å². The van der Waals surface area contributed by atoms with Crippen molar-refractivity contribution in [1.29, 1.82) is 0 Å². The first-order valence-corrected chi connectivity index (χ1v) is 22.2. The molecule has 0 bridgehead atoms. The standard InChI is InChI=1S/C64H40/c1-3-15-41(16-4-1)49-33-34-55-57(38-49)62(51-31-28-43-18-8-11-23-47(43)36-51)59-39-56-53-25-13-14-26-54(53)64(52-32-29-44-19-9-12-24-48(44)37-52)63(45-20-5-2-6-21-45)58(56)40-60(59)61(55)50-30-27-42-17-7-10-22-46(42)35-50/h1-40H. The molecule has 0 nitrogen and oxygen atoms in total. The van der Waals surface area contributed by atoms with Crippen molar-refractivity contribution >= 4 is 75.4 Å². The fourth-order valence-corrected chi connectivity index (χ4v) is 10.6. The lowest BCUT2D eigenvalue weighted by molar-refractivity contribution is 1.63. The molecule has 0 fully saturated rings. The van der Waals surface area contributed by atoms with E-state index in [9.17, 15) is 0 Å². The largest absolute Gasteiger partial charge is 0.0622 e. The summed E-state index contributed by atoms with van der Waals surface area (Å²) in [6, 6.07) is 90.4. The van der Waals surface area contributed by atoms with Crippen LogP contribution in [-0.2, 0) is 0 Å². The molecule has 0 unspecified atom stereocenters. The molecule has 0 radical (unpaired) electrons. The molecule has 296 valence electrons. The van der Waals surface area contributed by atoms with Crippen LogP contribution in [0.5, 0.6) is 0 Å². The van der Waals surface area contributed by atoms with Gasteiger partial charge >= 0.3 is 0 Å². The van der Waals surface area contributed by atoms with Crippen LogP contribution in [0.25, 0.3) is 131 Å². The van der Waals surface area contributed by atoms with E-state index < -0.39 is 0 Å². The van der Waals surface area contributed by atoms with Gasteiger partial charge in [-0.25, -0.2) is 0 Å². The van der Waals surface area contributed by atoms with Crippen molar-refractivity contribution in [3.05, 3.63) is 243 Å². The van der Waals surface area contributed by atoms with Crippen LogP contribution in [0.1, 0.15) is 0 Å². The Hall–Kier alpha value is -8.32. The van der Waals surface area contributed by atoms with Gasteiger partial charge in [0.25, 0.3) is 0 Å². The molecule has 0 heteroatoms. The molecule has 0 aliphatic heterocycles. The highest BCUT2D eigenvalue weighted by Gasteiger charge is 2.23. The summed E-state index contributed by atoms with van der Waals surface area (Å²) in [5, 5.41) is 17.4. The van der Waals surface area contributed by atoms with Gasteiger partial charge in [-0.15, -0.1) is 0 Å². The summed E-state index contributed by atoms with van der Waals surface area (Å²) in [5.41, 5.74) is 12.3. The van der Waals surface area contributed by atoms with E-state index in [0.29, 0.717) is 0 Å². The molecule has 13 rings (SSSR count). The van der Waals surface area contributed by atoms with Gasteiger partial charge in [0.15, 0.2) is 0 Å². The minimum Gasteiger partial charge on any atom is -0.0622 e. The van der Waals surface area contributed by atoms with Gasteiger partial charge in [0, 0.05) is 0 Å². The van der Waals surface area contributed by atoms with Crippen LogP contribution >= 0.6 is 0 Å². The molecule has 0 amide bonds. The monoisotopic (exact) mass is 808 g/mol. The van der Waals surface area contributed by atoms with E-state index in [1.807, 2.05) is 0 Å². The van der Waals surface area contributed by atoms with Gasteiger partial charge in [-0.2, -0.15) is 0 Å². The quantitative estimate of drug-likeness (QED) is 0.120. The zero-order valence-electron chi connectivity index (χ0n) is 35.1. The molecule has 0 heterocycles. The summed E-state index contributed by atoms with van der Waals surface area (Å²) < 4.78 is 0. The van der Waals surface area contributed by atoms with Crippen LogP contribution in [0.2, 0.25) is 0 Å². The first-order valence-electron chi connectivity index (χ1n) is 22.2. The smallest absolute Gasteiger partial charge is 0.00201 e. The Balaban J connectivity index is 1.25. The highest BCUT2D eigenvalue weighted by atomic mass is 14.3. The van der Waals surface area contributed by atoms with E-state index in [0.717, 1.165) is 0 Å². The van der Waals surface area contributed by atoms with E-state index in [2.05, 4.69) is 243 Å². The van der Waals surface area contributed by atoms with Gasteiger partial charge in [0.1, 0.15) is 0 Å². The van der Waals surface area contributed by atoms with Crippen LogP contribution in [0.15, 0.2) is 243 Å². The lowest BCUT2D eigenvalue weighted by Crippen LogP contribution is -1.95. The second-order valence-corrected chi connectivity index (χ2v) is 17.2. The highest BCUT2D eigenvalue weighted by molar-refractivity contribution is 6.30. The predicted octanol–water partition coefficient (Wildman–Crippen LogP) is 18.1. The van der Waals surface area contributed by atoms with Crippen molar-refractivity contribution < 1.29 is 0 Å². The Morgan fingerprint density at radius 1 is 0.141 bits per heavy atom. The Bertz CT molecular complexity index is 3990. The molecule has 0 aliphatic rings. The minimum atomic E-state index is 1.20. The summed E-state index contributed by atoms with van der Waals surface area (Å²) >= 11 is 0. The number of hydrogen-bond acceptors (Lipinski definition) is 0. The van der Waals surface area contributed by atoms with Crippen molar-refractivity contribution in [1.82, 2.24) is 0 Å². The molecule has 0 aromatic heterocycles. The third-order valence-corrected chi connectivity index (χ3v) is 13.5. The maximum absolute atomic E-state index is 2.55. The summed E-state index contributed by atoms with van der Waals surface area (Å²) in [6.07, 6.45) is 0. The van der Waals surface area contributed by atoms with Gasteiger partial charge in [0.05, 0.1) is 0 Å². The third-order valence-electron chi connectivity index (χ3n) is 13.5. The van der Waals surface area contributed by atoms with Gasteiger partial charge < -0.3 is 0 Å². The molecule has 64 heavy (non-hydrogen) atoms. The van der Waals surface area contributed by atoms with E-state index in [1.54, 1.807) is 0 Å². The van der Waals surface area contributed by atoms with Gasteiger partial charge in [-0.05, 0) is 167 Å². The Morgan fingerprint density at radius 3 is 1.06 bits per heavy atom. The molecule has 13 aromatic rings. The molecule has 0 N–H and O–H groups in total. The van der Waals surface area contributed by atoms with Crippen molar-refractivity contribution in [3.63, 3.8) is 0 Å². The minimum absolute atomic E-state index is 1.20. The van der Waals surface area contributed by atoms with Crippen molar-refractivity contribution in [2.45, 2.75) is 0 Å². The lowest BCUT2D eigenvalue weighted by atomic mass is 9.80. The number of hydrogen-bond donors (Lipinski definition) is 0. The summed E-state index contributed by atoms with van der Waals surface area (Å²) in [4.78, 5) is 0. The SMILES string of the molecule is c1ccc(-c2ccc3c(-c4ccc5ccccc5c4)c4cc5c(-c6ccccc6)c(-c6ccc7ccccc7c6)c6ccccc6c5cc4c(-c4ccc5ccccc5c4)c3c2)cc1. The summed E-state index contributed by atoms with van der Waals surface area (Å²) in [6.45, 7) is 0. The van der Waals surface area contributed by atoms with E-state index in [4.69, 9.17) is 0 Å². The molecule has 0 saturated heterocycles. The van der Waals surface area contributed by atoms with Crippen LogP contribution in [0, 0.1) is 0 Å². The first-order chi connectivity index (χ1) is 31.7. The van der Waals surface area contributed by atoms with Crippen LogP contribution in [0.3, 0.4) is 0 Å². The number of benzene rings is 13. The first kappa shape index (κ1) is 36.3. The molecular formula is C64H40. The average Bonchev–Trinajstić information content (AvgIpc) is 3.37. The highest BCUT2D eigenvalue weighted by Crippen LogP contribution is 2.51. The molecular weight excluding hydrogens is 769 g/mol. The van der Waals surface area contributed by atoms with E-state index in [1.165, 1.54) is 131 Å². The Morgan fingerprint density at radius 2 is 0.500 bits per heavy atom. The molecule has 0 aliphatic carbocycles. The fraction of sp³-hybridized carbons (Fsp3) is 0. The molecule has 13 aromatic carbocycles. The van der Waals surface area contributed by atoms with Crippen LogP contribution in [-0.4, -0.2) is 0 Å². The topological polar surface area (TPSA) is 0 Å². The number of fused-ring (bicyclic) bond motifs is 8. The molecule has 0 spiro atoms. The van der Waals surface area contributed by atoms with Crippen LogP contribution in [0.4, 0.5) is 0 Å². The maximum atomic E-state index is 2.55. The fourth-order valence-electron chi connectivity index (χ4n) is 10.6. The van der Waals surface area contributed by atoms with E-state index in [-0.39, 0.29) is 0 Å². The number of rotatable bonds is 5. The van der Waals surface area contributed by atoms with Crippen molar-refractivity contribution in [2.75, 3.05) is 0 Å². The molecule has 0 saturated carbocycles. The average molecular weight is 809 g/mol. The summed E-state index contributed by atoms with van der Waals surface area (Å²) in [7, 11) is 0. The molecule has 0 atom stereocenters. The van der Waals surface area contributed by atoms with Crippen LogP contribution < -0.4 is 0 Å². The third kappa shape index (κ3) is 5.84. The van der Waals surface area contributed by atoms with Gasteiger partial charge in [-0.3, -0.25) is 0 Å². The Kier molecular flexibility index (Phi) is 8.32. The zero-order valence-corrected chi connectivity index (χ0v) is 35.1. The second-order valence-electron chi connectivity index (χ2n) is 17.2. The predicted molar refractivity (Wildman–Crippen MR) is 276 cm³/mol. The second kappa shape index (κ2) is 14.7. The zero-order chi connectivity index (χ0) is 42.1. The summed E-state index contributed by atoms with van der Waals surface area (Å²) in [5.74, 6) is 0. The lowest BCUT2D eigenvalue weighted by Gasteiger charge is -2.23. The van der Waals surface area contributed by atoms with Gasteiger partial charge in [-0.1, -0.05) is 206 Å².